The van der Waals surface area contributed by atoms with E-state index in [4.69, 9.17) is 4.42 Å². The lowest BCUT2D eigenvalue weighted by Crippen LogP contribution is -2.48. The third kappa shape index (κ3) is 2.26. The molecule has 2 fully saturated rings. The van der Waals surface area contributed by atoms with Crippen LogP contribution in [0.25, 0.3) is 0 Å². The van der Waals surface area contributed by atoms with E-state index in [-0.39, 0.29) is 0 Å². The van der Waals surface area contributed by atoms with Gasteiger partial charge in [0.15, 0.2) is 0 Å². The third-order valence-electron chi connectivity index (χ3n) is 4.32. The summed E-state index contributed by atoms with van der Waals surface area (Å²) < 4.78 is 5.17. The van der Waals surface area contributed by atoms with E-state index in [0.29, 0.717) is 0 Å². The van der Waals surface area contributed by atoms with Crippen molar-refractivity contribution in [3.63, 3.8) is 0 Å². The van der Waals surface area contributed by atoms with Crippen LogP contribution in [0, 0.1) is 0 Å². The second kappa shape index (κ2) is 4.83. The van der Waals surface area contributed by atoms with Gasteiger partial charge in [0.2, 0.25) is 0 Å². The molecule has 0 aliphatic carbocycles. The molecule has 3 nitrogen and oxygen atoms in total. The van der Waals surface area contributed by atoms with E-state index in [9.17, 15) is 0 Å². The van der Waals surface area contributed by atoms with E-state index in [2.05, 4.69) is 23.2 Å². The summed E-state index contributed by atoms with van der Waals surface area (Å²) in [5.41, 5.74) is 1.32. The molecule has 0 amide bonds. The van der Waals surface area contributed by atoms with E-state index >= 15 is 0 Å². The highest BCUT2D eigenvalue weighted by atomic mass is 16.3. The van der Waals surface area contributed by atoms with Gasteiger partial charge in [0.25, 0.3) is 0 Å². The molecule has 2 saturated heterocycles. The standard InChI is InChI=1S/C14H22N2O/c1-2-15-12-7-13-3-4-14(8-12)16(13)9-11-5-6-17-10-11/h5-6,10,12-15H,2-4,7-9H2,1H3. The molecule has 94 valence electrons. The number of hydrogen-bond donors (Lipinski definition) is 1. The minimum Gasteiger partial charge on any atom is -0.472 e. The molecule has 1 aromatic heterocycles. The second-order valence-electron chi connectivity index (χ2n) is 5.41. The summed E-state index contributed by atoms with van der Waals surface area (Å²) >= 11 is 0. The molecule has 0 aromatic carbocycles. The van der Waals surface area contributed by atoms with Gasteiger partial charge in [-0.25, -0.2) is 0 Å². The zero-order valence-electron chi connectivity index (χ0n) is 10.6. The number of rotatable bonds is 4. The van der Waals surface area contributed by atoms with Crippen molar-refractivity contribution in [3.05, 3.63) is 24.2 Å². The molecule has 0 radical (unpaired) electrons. The SMILES string of the molecule is CCNC1CC2CCC(C1)N2Cc1ccoc1. The number of furan rings is 1. The molecule has 2 aliphatic rings. The minimum absolute atomic E-state index is 0.748. The van der Waals surface area contributed by atoms with Crippen molar-refractivity contribution in [2.24, 2.45) is 0 Å². The van der Waals surface area contributed by atoms with Crippen LogP contribution < -0.4 is 5.32 Å². The Bertz CT molecular complexity index is 335. The van der Waals surface area contributed by atoms with Gasteiger partial charge < -0.3 is 9.73 Å². The van der Waals surface area contributed by atoms with Gasteiger partial charge in [0.05, 0.1) is 12.5 Å². The molecule has 3 heteroatoms. The van der Waals surface area contributed by atoms with E-state index in [1.54, 1.807) is 6.26 Å². The molecule has 2 atom stereocenters. The van der Waals surface area contributed by atoms with E-state index in [1.165, 1.54) is 31.2 Å². The fourth-order valence-corrected chi connectivity index (χ4v) is 3.58. The van der Waals surface area contributed by atoms with Crippen molar-refractivity contribution >= 4 is 0 Å². The number of nitrogens with one attached hydrogen (secondary N) is 1. The Hall–Kier alpha value is -0.800. The molecule has 2 aliphatic heterocycles. The highest BCUT2D eigenvalue weighted by molar-refractivity contribution is 5.08. The molecule has 1 N–H and O–H groups in total. The van der Waals surface area contributed by atoms with Gasteiger partial charge in [-0.15, -0.1) is 0 Å². The lowest BCUT2D eigenvalue weighted by atomic mass is 9.97. The van der Waals surface area contributed by atoms with Gasteiger partial charge in [-0.05, 0) is 38.3 Å². The predicted molar refractivity (Wildman–Crippen MR) is 67.8 cm³/mol. The molecule has 1 aromatic rings. The van der Waals surface area contributed by atoms with Gasteiger partial charge >= 0.3 is 0 Å². The first-order valence-corrected chi connectivity index (χ1v) is 6.87. The number of piperidine rings is 1. The van der Waals surface area contributed by atoms with Crippen LogP contribution in [-0.4, -0.2) is 29.6 Å². The maximum atomic E-state index is 5.17. The van der Waals surface area contributed by atoms with Crippen molar-refractivity contribution in [2.75, 3.05) is 6.54 Å². The average molecular weight is 234 g/mol. The fraction of sp³-hybridized carbons (Fsp3) is 0.714. The summed E-state index contributed by atoms with van der Waals surface area (Å²) in [6, 6.07) is 4.41. The Kier molecular flexibility index (Phi) is 3.21. The topological polar surface area (TPSA) is 28.4 Å². The molecule has 3 heterocycles. The molecular weight excluding hydrogens is 212 g/mol. The van der Waals surface area contributed by atoms with Crippen molar-refractivity contribution in [1.82, 2.24) is 10.2 Å². The largest absolute Gasteiger partial charge is 0.472 e. The van der Waals surface area contributed by atoms with E-state index < -0.39 is 0 Å². The first-order valence-electron chi connectivity index (χ1n) is 6.87. The third-order valence-corrected chi connectivity index (χ3v) is 4.32. The van der Waals surface area contributed by atoms with Gasteiger partial charge in [-0.1, -0.05) is 6.92 Å². The Balaban J connectivity index is 1.64. The summed E-state index contributed by atoms with van der Waals surface area (Å²) in [4.78, 5) is 2.69. The summed E-state index contributed by atoms with van der Waals surface area (Å²) in [6.45, 7) is 4.39. The first kappa shape index (κ1) is 11.3. The number of nitrogens with zero attached hydrogens (tertiary/aromatic N) is 1. The lowest BCUT2D eigenvalue weighted by molar-refractivity contribution is 0.109. The van der Waals surface area contributed by atoms with Crippen molar-refractivity contribution in [3.8, 4) is 0 Å². The van der Waals surface area contributed by atoms with Gasteiger partial charge in [-0.3, -0.25) is 4.90 Å². The van der Waals surface area contributed by atoms with Crippen LogP contribution in [0.1, 0.15) is 38.2 Å². The van der Waals surface area contributed by atoms with Crippen molar-refractivity contribution in [2.45, 2.75) is 57.3 Å². The van der Waals surface area contributed by atoms with Gasteiger partial charge in [0, 0.05) is 30.2 Å². The number of fused-ring (bicyclic) bond motifs is 2. The monoisotopic (exact) mass is 234 g/mol. The van der Waals surface area contributed by atoms with Crippen LogP contribution in [0.4, 0.5) is 0 Å². The Morgan fingerprint density at radius 2 is 2.12 bits per heavy atom. The maximum Gasteiger partial charge on any atom is 0.0947 e. The summed E-state index contributed by atoms with van der Waals surface area (Å²) in [5, 5.41) is 3.62. The molecule has 0 saturated carbocycles. The zero-order chi connectivity index (χ0) is 11.7. The summed E-state index contributed by atoms with van der Waals surface area (Å²) in [7, 11) is 0. The van der Waals surface area contributed by atoms with Crippen molar-refractivity contribution < 1.29 is 4.42 Å². The maximum absolute atomic E-state index is 5.17. The first-order chi connectivity index (χ1) is 8.36. The Morgan fingerprint density at radius 3 is 2.71 bits per heavy atom. The average Bonchev–Trinajstić information content (AvgIpc) is 2.89. The normalized spacial score (nSPS) is 33.1. The predicted octanol–water partition coefficient (Wildman–Crippen LogP) is 2.38. The molecule has 3 rings (SSSR count). The summed E-state index contributed by atoms with van der Waals surface area (Å²) in [5.74, 6) is 0. The second-order valence-corrected chi connectivity index (χ2v) is 5.41. The van der Waals surface area contributed by atoms with Crippen LogP contribution in [0.5, 0.6) is 0 Å². The highest BCUT2D eigenvalue weighted by Gasteiger charge is 2.40. The van der Waals surface area contributed by atoms with Crippen LogP contribution in [0.15, 0.2) is 23.0 Å². The zero-order valence-corrected chi connectivity index (χ0v) is 10.6. The fourth-order valence-electron chi connectivity index (χ4n) is 3.58. The van der Waals surface area contributed by atoms with Crippen LogP contribution in [0.2, 0.25) is 0 Å². The Morgan fingerprint density at radius 1 is 1.35 bits per heavy atom. The smallest absolute Gasteiger partial charge is 0.0947 e. The van der Waals surface area contributed by atoms with E-state index in [1.807, 2.05) is 6.26 Å². The van der Waals surface area contributed by atoms with Gasteiger partial charge in [-0.2, -0.15) is 0 Å². The molecular formula is C14H22N2O. The molecule has 17 heavy (non-hydrogen) atoms. The van der Waals surface area contributed by atoms with Crippen LogP contribution in [-0.2, 0) is 6.54 Å². The Labute approximate surface area is 103 Å². The van der Waals surface area contributed by atoms with Crippen molar-refractivity contribution in [1.29, 1.82) is 0 Å². The quantitative estimate of drug-likeness (QED) is 0.867. The number of hydrogen-bond acceptors (Lipinski definition) is 3. The van der Waals surface area contributed by atoms with Crippen LogP contribution >= 0.6 is 0 Å². The molecule has 2 unspecified atom stereocenters. The molecule has 0 spiro atoms. The minimum atomic E-state index is 0.748. The highest BCUT2D eigenvalue weighted by Crippen LogP contribution is 2.36. The van der Waals surface area contributed by atoms with Gasteiger partial charge in [0.1, 0.15) is 0 Å². The van der Waals surface area contributed by atoms with E-state index in [0.717, 1.165) is 31.2 Å². The molecule has 2 bridgehead atoms. The lowest BCUT2D eigenvalue weighted by Gasteiger charge is -2.39. The summed E-state index contributed by atoms with van der Waals surface area (Å²) in [6.07, 6.45) is 9.07. The van der Waals surface area contributed by atoms with Crippen LogP contribution in [0.3, 0.4) is 0 Å².